The van der Waals surface area contributed by atoms with E-state index < -0.39 is 29.5 Å². The van der Waals surface area contributed by atoms with E-state index in [1.807, 2.05) is 0 Å². The molecule has 0 unspecified atom stereocenters. The van der Waals surface area contributed by atoms with Crippen LogP contribution < -0.4 is 5.32 Å². The molecule has 1 aliphatic heterocycles. The van der Waals surface area contributed by atoms with Crippen LogP contribution in [0, 0.1) is 0 Å². The third-order valence-corrected chi connectivity index (χ3v) is 4.17. The van der Waals surface area contributed by atoms with E-state index in [4.69, 9.17) is 4.74 Å². The maximum atomic E-state index is 13.1. The normalized spacial score (nSPS) is 19.4. The molecule has 0 aliphatic carbocycles. The van der Waals surface area contributed by atoms with E-state index in [9.17, 15) is 18.0 Å². The van der Waals surface area contributed by atoms with Crippen molar-refractivity contribution in [1.29, 1.82) is 0 Å². The zero-order valence-electron chi connectivity index (χ0n) is 15.3. The highest BCUT2D eigenvalue weighted by atomic mass is 19.4. The molecule has 1 aromatic carbocycles. The van der Waals surface area contributed by atoms with E-state index >= 15 is 0 Å². The van der Waals surface area contributed by atoms with Crippen molar-refractivity contribution in [1.82, 2.24) is 10.2 Å². The van der Waals surface area contributed by atoms with Crippen molar-refractivity contribution in [2.75, 3.05) is 13.1 Å². The molecule has 1 heterocycles. The van der Waals surface area contributed by atoms with E-state index in [0.717, 1.165) is 25.1 Å². The monoisotopic (exact) mass is 370 g/mol. The second kappa shape index (κ2) is 7.70. The fraction of sp³-hybridized carbons (Fsp3) is 0.526. The zero-order chi connectivity index (χ0) is 19.5. The molecule has 4 nitrogen and oxygen atoms in total. The summed E-state index contributed by atoms with van der Waals surface area (Å²) in [6, 6.07) is 4.37. The van der Waals surface area contributed by atoms with E-state index in [1.54, 1.807) is 32.9 Å². The van der Waals surface area contributed by atoms with Crippen LogP contribution in [0.2, 0.25) is 0 Å². The van der Waals surface area contributed by atoms with Gasteiger partial charge in [0.25, 0.3) is 0 Å². The van der Waals surface area contributed by atoms with Crippen LogP contribution in [-0.2, 0) is 10.9 Å². The summed E-state index contributed by atoms with van der Waals surface area (Å²) in [5.41, 5.74) is -1.02. The Bertz CT molecular complexity index is 653. The van der Waals surface area contributed by atoms with Crippen molar-refractivity contribution >= 4 is 6.09 Å². The minimum atomic E-state index is -4.44. The van der Waals surface area contributed by atoms with Gasteiger partial charge in [0.1, 0.15) is 5.60 Å². The molecule has 2 atom stereocenters. The van der Waals surface area contributed by atoms with Crippen molar-refractivity contribution in [2.24, 2.45) is 0 Å². The Morgan fingerprint density at radius 3 is 2.62 bits per heavy atom. The van der Waals surface area contributed by atoms with Gasteiger partial charge in [-0.25, -0.2) is 4.79 Å². The summed E-state index contributed by atoms with van der Waals surface area (Å²) in [6.07, 6.45) is -2.58. The Kier molecular flexibility index (Phi) is 6.01. The number of likely N-dealkylation sites (tertiary alicyclic amines) is 1. The smallest absolute Gasteiger partial charge is 0.416 e. The Labute approximate surface area is 152 Å². The molecular formula is C19H25F3N2O2. The molecule has 0 radical (unpaired) electrons. The molecule has 1 N–H and O–H groups in total. The maximum absolute atomic E-state index is 13.1. The number of benzene rings is 1. The predicted octanol–water partition coefficient (Wildman–Crippen LogP) is 4.53. The molecule has 2 rings (SSSR count). The van der Waals surface area contributed by atoms with Gasteiger partial charge >= 0.3 is 12.3 Å². The van der Waals surface area contributed by atoms with Crippen LogP contribution in [-0.4, -0.2) is 35.7 Å². The lowest BCUT2D eigenvalue weighted by molar-refractivity contribution is -0.137. The number of carbonyl (C=O) groups excluding carboxylic acids is 1. The first kappa shape index (κ1) is 20.3. The van der Waals surface area contributed by atoms with Gasteiger partial charge in [-0.2, -0.15) is 13.2 Å². The van der Waals surface area contributed by atoms with Crippen LogP contribution in [0.4, 0.5) is 18.0 Å². The van der Waals surface area contributed by atoms with Gasteiger partial charge in [0.15, 0.2) is 0 Å². The number of amides is 1. The van der Waals surface area contributed by atoms with E-state index in [2.05, 4.69) is 16.8 Å². The first-order valence-corrected chi connectivity index (χ1v) is 8.53. The van der Waals surface area contributed by atoms with E-state index in [-0.39, 0.29) is 6.04 Å². The number of hydrogen-bond acceptors (Lipinski definition) is 3. The van der Waals surface area contributed by atoms with Crippen molar-refractivity contribution in [3.8, 4) is 0 Å². The molecule has 1 aromatic rings. The molecule has 1 aliphatic rings. The van der Waals surface area contributed by atoms with Crippen LogP contribution in [0.3, 0.4) is 0 Å². The third-order valence-electron chi connectivity index (χ3n) is 4.17. The van der Waals surface area contributed by atoms with Gasteiger partial charge in [0.05, 0.1) is 11.6 Å². The summed E-state index contributed by atoms with van der Waals surface area (Å²) in [6.45, 7) is 10.3. The van der Waals surface area contributed by atoms with Crippen LogP contribution in [0.1, 0.15) is 44.4 Å². The topological polar surface area (TPSA) is 41.6 Å². The van der Waals surface area contributed by atoms with Gasteiger partial charge in [-0.05, 0) is 44.9 Å². The van der Waals surface area contributed by atoms with Crippen molar-refractivity contribution in [3.63, 3.8) is 0 Å². The standard InChI is InChI=1S/C19H25F3N2O2/c1-5-10-24-11-9-15(24)16(23-17(25)26-18(2,3)4)13-7-6-8-14(12-13)19(20,21)22/h5-8,12,15-16H,1,9-11H2,2-4H3,(H,23,25)/t15-,16-/m0/s1. The molecule has 1 saturated heterocycles. The lowest BCUT2D eigenvalue weighted by Crippen LogP contribution is -2.55. The van der Waals surface area contributed by atoms with Gasteiger partial charge in [-0.1, -0.05) is 18.2 Å². The first-order chi connectivity index (χ1) is 12.0. The highest BCUT2D eigenvalue weighted by molar-refractivity contribution is 5.68. The number of alkyl halides is 3. The number of rotatable bonds is 5. The lowest BCUT2D eigenvalue weighted by Gasteiger charge is -2.45. The fourth-order valence-corrected chi connectivity index (χ4v) is 2.98. The Balaban J connectivity index is 2.29. The highest BCUT2D eigenvalue weighted by Crippen LogP contribution is 2.34. The quantitative estimate of drug-likeness (QED) is 0.774. The van der Waals surface area contributed by atoms with Crippen LogP contribution in [0.5, 0.6) is 0 Å². The number of ether oxygens (including phenoxy) is 1. The maximum Gasteiger partial charge on any atom is 0.416 e. The summed E-state index contributed by atoms with van der Waals surface area (Å²) in [5.74, 6) is 0. The molecule has 7 heteroatoms. The number of nitrogens with one attached hydrogen (secondary N) is 1. The van der Waals surface area contributed by atoms with Gasteiger partial charge < -0.3 is 10.1 Å². The Morgan fingerprint density at radius 2 is 2.12 bits per heavy atom. The molecule has 1 amide bonds. The van der Waals surface area contributed by atoms with E-state index in [0.29, 0.717) is 12.1 Å². The second-order valence-corrected chi connectivity index (χ2v) is 7.39. The zero-order valence-corrected chi connectivity index (χ0v) is 15.3. The van der Waals surface area contributed by atoms with Gasteiger partial charge in [0, 0.05) is 19.1 Å². The summed E-state index contributed by atoms with van der Waals surface area (Å²) >= 11 is 0. The van der Waals surface area contributed by atoms with E-state index in [1.165, 1.54) is 6.07 Å². The molecule has 0 saturated carbocycles. The van der Waals surface area contributed by atoms with Crippen LogP contribution in [0.15, 0.2) is 36.9 Å². The molecular weight excluding hydrogens is 345 g/mol. The summed E-state index contributed by atoms with van der Waals surface area (Å²) in [7, 11) is 0. The molecule has 0 bridgehead atoms. The van der Waals surface area contributed by atoms with Gasteiger partial charge in [-0.15, -0.1) is 6.58 Å². The van der Waals surface area contributed by atoms with Gasteiger partial charge in [-0.3, -0.25) is 4.90 Å². The third kappa shape index (κ3) is 5.24. The lowest BCUT2D eigenvalue weighted by atomic mass is 9.89. The fourth-order valence-electron chi connectivity index (χ4n) is 2.98. The largest absolute Gasteiger partial charge is 0.444 e. The number of halogens is 3. The highest BCUT2D eigenvalue weighted by Gasteiger charge is 2.38. The van der Waals surface area contributed by atoms with Crippen LogP contribution >= 0.6 is 0 Å². The summed E-state index contributed by atoms with van der Waals surface area (Å²) in [4.78, 5) is 14.3. The minimum absolute atomic E-state index is 0.107. The van der Waals surface area contributed by atoms with Crippen molar-refractivity contribution < 1.29 is 22.7 Å². The first-order valence-electron chi connectivity index (χ1n) is 8.53. The number of alkyl carbamates (subject to hydrolysis) is 1. The Morgan fingerprint density at radius 1 is 1.42 bits per heavy atom. The molecule has 0 spiro atoms. The molecule has 26 heavy (non-hydrogen) atoms. The Hall–Kier alpha value is -2.02. The minimum Gasteiger partial charge on any atom is -0.444 e. The van der Waals surface area contributed by atoms with Crippen LogP contribution in [0.25, 0.3) is 0 Å². The van der Waals surface area contributed by atoms with Crippen molar-refractivity contribution in [2.45, 2.75) is 51.1 Å². The molecule has 0 aromatic heterocycles. The number of hydrogen-bond donors (Lipinski definition) is 1. The summed E-state index contributed by atoms with van der Waals surface area (Å²) < 4.78 is 44.5. The second-order valence-electron chi connectivity index (χ2n) is 7.39. The SMILES string of the molecule is C=CCN1CC[C@H]1[C@@H](NC(=O)OC(C)(C)C)c1cccc(C(F)(F)F)c1. The van der Waals surface area contributed by atoms with Crippen molar-refractivity contribution in [3.05, 3.63) is 48.0 Å². The number of nitrogens with zero attached hydrogens (tertiary/aromatic N) is 1. The average molecular weight is 370 g/mol. The predicted molar refractivity (Wildman–Crippen MR) is 93.7 cm³/mol. The molecule has 144 valence electrons. The van der Waals surface area contributed by atoms with Gasteiger partial charge in [0.2, 0.25) is 0 Å². The molecule has 1 fully saturated rings. The number of carbonyl (C=O) groups is 1. The average Bonchev–Trinajstić information content (AvgIpc) is 2.48. The summed E-state index contributed by atoms with van der Waals surface area (Å²) in [5, 5.41) is 2.75.